The van der Waals surface area contributed by atoms with Crippen LogP contribution in [0.2, 0.25) is 0 Å². The first-order chi connectivity index (χ1) is 26.6. The molecule has 3 heterocycles. The number of imide groups is 2. The number of halogens is 7. The van der Waals surface area contributed by atoms with Crippen LogP contribution in [0.3, 0.4) is 0 Å². The van der Waals surface area contributed by atoms with E-state index in [1.165, 1.54) is 37.5 Å². The molecular weight excluding hydrogens is 788 g/mol. The summed E-state index contributed by atoms with van der Waals surface area (Å²) in [5.41, 5.74) is -0.0332. The van der Waals surface area contributed by atoms with Gasteiger partial charge in [0.05, 0.1) is 37.8 Å². The van der Waals surface area contributed by atoms with Gasteiger partial charge in [0.15, 0.2) is 44.5 Å². The smallest absolute Gasteiger partial charge is 0.258 e. The molecule has 0 bridgehead atoms. The molecule has 1 saturated carbocycles. The third-order valence-electron chi connectivity index (χ3n) is 11.4. The number of nitrogens with zero attached hydrogens (tertiary/aromatic N) is 3. The highest BCUT2D eigenvalue weighted by molar-refractivity contribution is 6.58. The van der Waals surface area contributed by atoms with Crippen LogP contribution in [-0.4, -0.2) is 71.9 Å². The molecular formula is C39H30Cl2F5N3O7. The molecule has 1 N–H and O–H groups in total. The fourth-order valence-electron chi connectivity index (χ4n) is 8.71. The second-order valence-corrected chi connectivity index (χ2v) is 15.4. The molecule has 3 aromatic rings. The third kappa shape index (κ3) is 5.30. The summed E-state index contributed by atoms with van der Waals surface area (Å²) in [4.78, 5) is 54.8. The fourth-order valence-corrected chi connectivity index (χ4v) is 9.60. The molecule has 5 aliphatic rings. The first kappa shape index (κ1) is 37.9. The van der Waals surface area contributed by atoms with E-state index in [1.54, 1.807) is 30.3 Å². The van der Waals surface area contributed by atoms with Crippen LogP contribution in [0, 0.1) is 52.8 Å². The van der Waals surface area contributed by atoms with Crippen molar-refractivity contribution in [3.05, 3.63) is 94.8 Å². The quantitative estimate of drug-likeness (QED) is 0.0776. The molecule has 6 atom stereocenters. The van der Waals surface area contributed by atoms with Crippen LogP contribution < -0.4 is 19.4 Å². The topological polar surface area (TPSA) is 117 Å². The Labute approximate surface area is 325 Å². The first-order valence-corrected chi connectivity index (χ1v) is 18.2. The second-order valence-electron chi connectivity index (χ2n) is 14.2. The van der Waals surface area contributed by atoms with Gasteiger partial charge in [0.25, 0.3) is 11.8 Å². The van der Waals surface area contributed by atoms with Gasteiger partial charge < -0.3 is 19.5 Å². The predicted octanol–water partition coefficient (Wildman–Crippen LogP) is 6.25. The number of phenols is 1. The molecule has 8 rings (SSSR count). The number of rotatable bonds is 6. The molecule has 56 heavy (non-hydrogen) atoms. The lowest BCUT2D eigenvalue weighted by Crippen LogP contribution is -2.60. The number of allylic oxidation sites excluding steroid dienone is 3. The average Bonchev–Trinajstić information content (AvgIpc) is 3.54. The number of anilines is 3. The third-order valence-corrected chi connectivity index (χ3v) is 12.9. The van der Waals surface area contributed by atoms with E-state index in [-0.39, 0.29) is 22.8 Å². The molecule has 0 spiro atoms. The molecule has 292 valence electrons. The Morgan fingerprint density at radius 3 is 2.09 bits per heavy atom. The average molecular weight is 819 g/mol. The van der Waals surface area contributed by atoms with Crippen molar-refractivity contribution in [1.82, 2.24) is 0 Å². The Morgan fingerprint density at radius 1 is 0.821 bits per heavy atom. The van der Waals surface area contributed by atoms with Gasteiger partial charge in [0.1, 0.15) is 5.69 Å². The Morgan fingerprint density at radius 2 is 1.45 bits per heavy atom. The summed E-state index contributed by atoms with van der Waals surface area (Å²) in [6, 6.07) is 11.0. The lowest BCUT2D eigenvalue weighted by atomic mass is 9.57. The standard InChI is InChI=1S/C39H30Cl2F5N3O7/c1-55-26-16-18(3-11-25(26)50)2-10-24-21-8-9-22-27(35(52)48(34(22)51)20-6-4-19(5-7-20)47-12-14-56-15-13-47)23(21)17-38(40)36(53)49(37(54)39(24,38)41)33-31(45)29(43)28(42)30(44)32(33)46/h2-8,10-11,16,22-24,27,50H,9,12-15,17H2,1H3. The number of carbonyl (C=O) groups excluding carboxylic acids is 4. The van der Waals surface area contributed by atoms with Gasteiger partial charge >= 0.3 is 0 Å². The Bertz CT molecular complexity index is 2260. The highest BCUT2D eigenvalue weighted by Crippen LogP contribution is 2.64. The number of morpholine rings is 1. The van der Waals surface area contributed by atoms with Gasteiger partial charge in [-0.15, -0.1) is 23.2 Å². The summed E-state index contributed by atoms with van der Waals surface area (Å²) in [6.45, 7) is 2.40. The van der Waals surface area contributed by atoms with E-state index >= 15 is 8.78 Å². The summed E-state index contributed by atoms with van der Waals surface area (Å²) in [5.74, 6) is -21.3. The minimum atomic E-state index is -2.65. The van der Waals surface area contributed by atoms with Crippen molar-refractivity contribution >= 4 is 70.0 Å². The Kier molecular flexibility index (Phi) is 9.20. The zero-order valence-corrected chi connectivity index (χ0v) is 30.7. The predicted molar refractivity (Wildman–Crippen MR) is 193 cm³/mol. The van der Waals surface area contributed by atoms with E-state index in [9.17, 15) is 37.5 Å². The lowest BCUT2D eigenvalue weighted by Gasteiger charge is -2.49. The van der Waals surface area contributed by atoms with Gasteiger partial charge in [-0.3, -0.25) is 24.1 Å². The van der Waals surface area contributed by atoms with Gasteiger partial charge in [0.2, 0.25) is 17.6 Å². The van der Waals surface area contributed by atoms with Crippen molar-refractivity contribution in [2.45, 2.75) is 22.6 Å². The van der Waals surface area contributed by atoms with Crippen LogP contribution in [0.1, 0.15) is 18.4 Å². The summed E-state index contributed by atoms with van der Waals surface area (Å²) in [6.07, 6.45) is 3.78. The monoisotopic (exact) mass is 817 g/mol. The molecule has 0 radical (unpaired) electrons. The summed E-state index contributed by atoms with van der Waals surface area (Å²) < 4.78 is 84.3. The molecule has 6 unspecified atom stereocenters. The number of benzene rings is 3. The second kappa shape index (κ2) is 13.6. The highest BCUT2D eigenvalue weighted by atomic mass is 35.5. The van der Waals surface area contributed by atoms with Gasteiger partial charge in [-0.2, -0.15) is 0 Å². The lowest BCUT2D eigenvalue weighted by molar-refractivity contribution is -0.125. The largest absolute Gasteiger partial charge is 0.504 e. The maximum absolute atomic E-state index is 15.3. The molecule has 10 nitrogen and oxygen atoms in total. The summed E-state index contributed by atoms with van der Waals surface area (Å²) in [5, 5.41) is 10.1. The SMILES string of the molecule is COc1cc(C=CC2C3=CCC4C(=O)N(c5ccc(N6CCOCC6)cc5)C(=O)C4C3CC3(Cl)C(=O)N(c4c(F)c(F)c(F)c(F)c4F)C(=O)C23Cl)ccc1O. The van der Waals surface area contributed by atoms with Crippen LogP contribution in [0.25, 0.3) is 6.08 Å². The van der Waals surface area contributed by atoms with Crippen LogP contribution in [0.5, 0.6) is 11.5 Å². The molecule has 3 saturated heterocycles. The number of carbonyl (C=O) groups is 4. The molecule has 17 heteroatoms. The number of aromatic hydroxyl groups is 1. The number of phenolic OH excluding ortho intramolecular Hbond substituents is 1. The minimum Gasteiger partial charge on any atom is -0.504 e. The number of fused-ring (bicyclic) bond motifs is 4. The zero-order chi connectivity index (χ0) is 40.0. The first-order valence-electron chi connectivity index (χ1n) is 17.5. The van der Waals surface area contributed by atoms with Crippen molar-refractivity contribution in [2.75, 3.05) is 48.1 Å². The molecule has 2 aliphatic carbocycles. The van der Waals surface area contributed by atoms with Crippen LogP contribution in [0.15, 0.2) is 60.2 Å². The number of hydrogen-bond donors (Lipinski definition) is 1. The van der Waals surface area contributed by atoms with E-state index in [0.29, 0.717) is 43.1 Å². The highest BCUT2D eigenvalue weighted by Gasteiger charge is 2.76. The molecule has 3 aromatic carbocycles. The van der Waals surface area contributed by atoms with Crippen LogP contribution in [0.4, 0.5) is 39.0 Å². The molecule has 4 fully saturated rings. The van der Waals surface area contributed by atoms with E-state index in [1.807, 2.05) is 0 Å². The van der Waals surface area contributed by atoms with Gasteiger partial charge in [-0.05, 0) is 60.7 Å². The Balaban J connectivity index is 1.23. The van der Waals surface area contributed by atoms with Crippen molar-refractivity contribution in [3.63, 3.8) is 0 Å². The number of methoxy groups -OCH3 is 1. The normalized spacial score (nSPS) is 28.9. The minimum absolute atomic E-state index is 0.00739. The van der Waals surface area contributed by atoms with Crippen molar-refractivity contribution in [1.29, 1.82) is 0 Å². The van der Waals surface area contributed by atoms with Crippen molar-refractivity contribution < 1.29 is 55.7 Å². The molecule has 0 aromatic heterocycles. The van der Waals surface area contributed by atoms with Gasteiger partial charge in [0, 0.05) is 24.7 Å². The summed E-state index contributed by atoms with van der Waals surface area (Å²) >= 11 is 14.3. The van der Waals surface area contributed by atoms with Crippen molar-refractivity contribution in [3.8, 4) is 11.5 Å². The zero-order valence-electron chi connectivity index (χ0n) is 29.2. The molecule has 4 amide bonds. The van der Waals surface area contributed by atoms with Gasteiger partial charge in [-0.1, -0.05) is 29.9 Å². The van der Waals surface area contributed by atoms with Crippen LogP contribution in [-0.2, 0) is 23.9 Å². The fraction of sp³-hybridized carbons (Fsp3) is 0.333. The maximum Gasteiger partial charge on any atom is 0.258 e. The van der Waals surface area contributed by atoms with E-state index in [2.05, 4.69) is 4.90 Å². The maximum atomic E-state index is 15.3. The Hall–Kier alpha value is -4.99. The molecule has 3 aliphatic heterocycles. The number of alkyl halides is 2. The number of ether oxygens (including phenoxy) is 2. The van der Waals surface area contributed by atoms with E-state index in [0.717, 1.165) is 10.6 Å². The van der Waals surface area contributed by atoms with Crippen molar-refractivity contribution in [2.24, 2.45) is 23.7 Å². The number of amides is 4. The van der Waals surface area contributed by atoms with Crippen LogP contribution >= 0.6 is 23.2 Å². The van der Waals surface area contributed by atoms with E-state index in [4.69, 9.17) is 32.7 Å². The number of hydrogen-bond acceptors (Lipinski definition) is 8. The van der Waals surface area contributed by atoms with E-state index < -0.39 is 98.2 Å². The summed E-state index contributed by atoms with van der Waals surface area (Å²) in [7, 11) is 1.31. The van der Waals surface area contributed by atoms with Gasteiger partial charge in [-0.25, -0.2) is 26.9 Å².